The van der Waals surface area contributed by atoms with E-state index in [4.69, 9.17) is 0 Å². The molecule has 0 spiro atoms. The monoisotopic (exact) mass is 518 g/mol. The average molecular weight is 518 g/mol. The van der Waals surface area contributed by atoms with Gasteiger partial charge in [0, 0.05) is 44.1 Å². The van der Waals surface area contributed by atoms with Gasteiger partial charge >= 0.3 is 12.2 Å². The topological polar surface area (TPSA) is 65.5 Å². The molecule has 1 aliphatic heterocycles. The van der Waals surface area contributed by atoms with Crippen molar-refractivity contribution in [1.29, 1.82) is 0 Å². The highest BCUT2D eigenvalue weighted by Crippen LogP contribution is 2.28. The Labute approximate surface area is 209 Å². The number of carbonyl (C=O) groups is 2. The summed E-state index contributed by atoms with van der Waals surface area (Å²) in [4.78, 5) is 31.8. The molecule has 0 unspecified atom stereocenters. The molecule has 3 amide bonds. The number of aromatic nitrogens is 1. The number of hydrogen-bond donors (Lipinski definition) is 1. The van der Waals surface area contributed by atoms with Crippen LogP contribution in [0.25, 0.3) is 11.1 Å². The first kappa shape index (κ1) is 26.1. The summed E-state index contributed by atoms with van der Waals surface area (Å²) in [6.45, 7) is 0.669. The number of alkyl halides is 3. The highest BCUT2D eigenvalue weighted by molar-refractivity contribution is 5.94. The number of likely N-dealkylation sites (tertiary alicyclic amines) is 1. The average Bonchev–Trinajstić information content (AvgIpc) is 2.87. The number of nitrogens with zero attached hydrogens (tertiary/aromatic N) is 3. The lowest BCUT2D eigenvalue weighted by molar-refractivity contribution is -0.141. The number of pyridine rings is 1. The molecule has 3 aromatic rings. The Morgan fingerprint density at radius 2 is 1.57 bits per heavy atom. The number of rotatable bonds is 4. The summed E-state index contributed by atoms with van der Waals surface area (Å²) in [6.07, 6.45) is -2.66. The van der Waals surface area contributed by atoms with Crippen LogP contribution in [-0.4, -0.2) is 52.9 Å². The van der Waals surface area contributed by atoms with Gasteiger partial charge < -0.3 is 15.1 Å². The molecule has 1 N–H and O–H groups in total. The Kier molecular flexibility index (Phi) is 7.42. The largest absolute Gasteiger partial charge is 0.433 e. The van der Waals surface area contributed by atoms with E-state index < -0.39 is 29.4 Å². The number of halogens is 5. The number of urea groups is 1. The van der Waals surface area contributed by atoms with E-state index in [1.54, 1.807) is 31.3 Å². The van der Waals surface area contributed by atoms with E-state index in [1.807, 2.05) is 0 Å². The van der Waals surface area contributed by atoms with E-state index in [1.165, 1.54) is 21.9 Å². The minimum absolute atomic E-state index is 0.0713. The fourth-order valence-electron chi connectivity index (χ4n) is 4.17. The highest BCUT2D eigenvalue weighted by Gasteiger charge is 2.33. The van der Waals surface area contributed by atoms with Crippen molar-refractivity contribution in [3.05, 3.63) is 83.7 Å². The van der Waals surface area contributed by atoms with E-state index in [0.29, 0.717) is 42.7 Å². The molecule has 2 aromatic carbocycles. The molecule has 1 aromatic heterocycles. The first-order chi connectivity index (χ1) is 17.5. The first-order valence-electron chi connectivity index (χ1n) is 11.4. The molecule has 0 saturated carbocycles. The van der Waals surface area contributed by atoms with Crippen molar-refractivity contribution in [2.75, 3.05) is 25.5 Å². The molecule has 0 atom stereocenters. The SMILES string of the molecule is CN(C(=O)Nc1ccc(-c2cc(F)cc(F)c2)cc1)C1CCN(C(=O)c2ccc(C(F)(F)F)nc2)CC1. The Morgan fingerprint density at radius 1 is 0.946 bits per heavy atom. The summed E-state index contributed by atoms with van der Waals surface area (Å²) in [5.41, 5.74) is 0.473. The van der Waals surface area contributed by atoms with Crippen LogP contribution < -0.4 is 5.32 Å². The van der Waals surface area contributed by atoms with Crippen LogP contribution in [0.3, 0.4) is 0 Å². The van der Waals surface area contributed by atoms with Crippen LogP contribution in [-0.2, 0) is 6.18 Å². The van der Waals surface area contributed by atoms with Crippen molar-refractivity contribution in [3.8, 4) is 11.1 Å². The molecule has 1 aliphatic rings. The summed E-state index contributed by atoms with van der Waals surface area (Å²) in [7, 11) is 1.64. The van der Waals surface area contributed by atoms with Crippen molar-refractivity contribution >= 4 is 17.6 Å². The van der Waals surface area contributed by atoms with Crippen LogP contribution in [0.4, 0.5) is 32.4 Å². The quantitative estimate of drug-likeness (QED) is 0.443. The van der Waals surface area contributed by atoms with Crippen LogP contribution in [0.2, 0.25) is 0 Å². The van der Waals surface area contributed by atoms with Gasteiger partial charge in [-0.15, -0.1) is 0 Å². The van der Waals surface area contributed by atoms with Crippen LogP contribution >= 0.6 is 0 Å². The first-order valence-corrected chi connectivity index (χ1v) is 11.4. The lowest BCUT2D eigenvalue weighted by atomic mass is 10.0. The summed E-state index contributed by atoms with van der Waals surface area (Å²) >= 11 is 0. The summed E-state index contributed by atoms with van der Waals surface area (Å²) in [5, 5.41) is 2.78. The van der Waals surface area contributed by atoms with Gasteiger partial charge in [0.2, 0.25) is 0 Å². The maximum absolute atomic E-state index is 13.5. The van der Waals surface area contributed by atoms with Crippen molar-refractivity contribution in [3.63, 3.8) is 0 Å². The van der Waals surface area contributed by atoms with Gasteiger partial charge in [0.1, 0.15) is 17.3 Å². The Morgan fingerprint density at radius 3 is 2.11 bits per heavy atom. The predicted molar refractivity (Wildman–Crippen MR) is 127 cm³/mol. The third-order valence-corrected chi connectivity index (χ3v) is 6.25. The molecular weight excluding hydrogens is 495 g/mol. The third kappa shape index (κ3) is 6.22. The Bertz CT molecular complexity index is 1250. The molecule has 11 heteroatoms. The normalized spacial score (nSPS) is 14.4. The van der Waals surface area contributed by atoms with E-state index in [0.717, 1.165) is 24.4 Å². The van der Waals surface area contributed by atoms with Gasteiger partial charge in [-0.05, 0) is 60.4 Å². The van der Waals surface area contributed by atoms with Crippen molar-refractivity contribution in [2.45, 2.75) is 25.1 Å². The van der Waals surface area contributed by atoms with Gasteiger partial charge in [0.25, 0.3) is 5.91 Å². The van der Waals surface area contributed by atoms with Crippen LogP contribution in [0, 0.1) is 11.6 Å². The second kappa shape index (κ2) is 10.5. The van der Waals surface area contributed by atoms with Gasteiger partial charge in [0.15, 0.2) is 0 Å². The number of nitrogens with one attached hydrogen (secondary N) is 1. The minimum Gasteiger partial charge on any atom is -0.338 e. The van der Waals surface area contributed by atoms with Gasteiger partial charge in [-0.3, -0.25) is 9.78 Å². The van der Waals surface area contributed by atoms with Crippen LogP contribution in [0.5, 0.6) is 0 Å². The molecule has 37 heavy (non-hydrogen) atoms. The minimum atomic E-state index is -4.58. The van der Waals surface area contributed by atoms with Gasteiger partial charge in [-0.2, -0.15) is 13.2 Å². The van der Waals surface area contributed by atoms with Crippen molar-refractivity contribution in [1.82, 2.24) is 14.8 Å². The number of piperidine rings is 1. The molecular formula is C26H23F5N4O2. The van der Waals surface area contributed by atoms with Crippen LogP contribution in [0.15, 0.2) is 60.8 Å². The zero-order valence-corrected chi connectivity index (χ0v) is 19.7. The third-order valence-electron chi connectivity index (χ3n) is 6.25. The molecule has 1 fully saturated rings. The van der Waals surface area contributed by atoms with E-state index >= 15 is 0 Å². The fourth-order valence-corrected chi connectivity index (χ4v) is 4.17. The smallest absolute Gasteiger partial charge is 0.338 e. The summed E-state index contributed by atoms with van der Waals surface area (Å²) in [6, 6.07) is 11.2. The van der Waals surface area contributed by atoms with Crippen LogP contribution in [0.1, 0.15) is 28.9 Å². The fraction of sp³-hybridized carbons (Fsp3) is 0.269. The van der Waals surface area contributed by atoms with E-state index in [2.05, 4.69) is 10.3 Å². The second-order valence-corrected chi connectivity index (χ2v) is 8.73. The molecule has 1 saturated heterocycles. The van der Waals surface area contributed by atoms with Crippen molar-refractivity contribution < 1.29 is 31.5 Å². The van der Waals surface area contributed by atoms with E-state index in [-0.39, 0.29) is 17.6 Å². The number of carbonyl (C=O) groups excluding carboxylic acids is 2. The molecule has 2 heterocycles. The number of hydrogen-bond acceptors (Lipinski definition) is 3. The maximum atomic E-state index is 13.5. The lowest BCUT2D eigenvalue weighted by Gasteiger charge is -2.36. The maximum Gasteiger partial charge on any atom is 0.433 e. The Balaban J connectivity index is 1.30. The number of benzene rings is 2. The summed E-state index contributed by atoms with van der Waals surface area (Å²) < 4.78 is 65.0. The Hall–Kier alpha value is -4.02. The zero-order valence-electron chi connectivity index (χ0n) is 19.7. The van der Waals surface area contributed by atoms with Gasteiger partial charge in [-0.25, -0.2) is 13.6 Å². The second-order valence-electron chi connectivity index (χ2n) is 8.73. The predicted octanol–water partition coefficient (Wildman–Crippen LogP) is 5.81. The molecule has 6 nitrogen and oxygen atoms in total. The van der Waals surface area contributed by atoms with E-state index in [9.17, 15) is 31.5 Å². The molecule has 194 valence electrons. The summed E-state index contributed by atoms with van der Waals surface area (Å²) in [5.74, 6) is -1.78. The highest BCUT2D eigenvalue weighted by atomic mass is 19.4. The molecule has 0 radical (unpaired) electrons. The standard InChI is InChI=1S/C26H23F5N4O2/c1-34(25(37)33-21-5-2-16(3-6-21)18-12-19(27)14-20(28)13-18)22-8-10-35(11-9-22)24(36)17-4-7-23(32-15-17)26(29,30)31/h2-7,12-15,22H,8-11H2,1H3,(H,33,37). The number of amides is 3. The van der Waals surface area contributed by atoms with Crippen molar-refractivity contribution in [2.24, 2.45) is 0 Å². The molecule has 0 bridgehead atoms. The zero-order chi connectivity index (χ0) is 26.7. The molecule has 0 aliphatic carbocycles. The van der Waals surface area contributed by atoms with Gasteiger partial charge in [0.05, 0.1) is 5.56 Å². The molecule has 4 rings (SSSR count). The van der Waals surface area contributed by atoms with Gasteiger partial charge in [-0.1, -0.05) is 12.1 Å². The number of anilines is 1. The lowest BCUT2D eigenvalue weighted by Crippen LogP contribution is -2.48.